The average Bonchev–Trinajstić information content (AvgIpc) is 3.01. The second-order valence-corrected chi connectivity index (χ2v) is 5.56. The molecular weight excluding hydrogens is 234 g/mol. The van der Waals surface area contributed by atoms with Gasteiger partial charge in [-0.15, -0.1) is 0 Å². The number of nitrogens with zero attached hydrogens (tertiary/aromatic N) is 1. The maximum atomic E-state index is 12.4. The third kappa shape index (κ3) is 1.65. The molecule has 5 nitrogen and oxygen atoms in total. The van der Waals surface area contributed by atoms with Crippen LogP contribution < -0.4 is 0 Å². The van der Waals surface area contributed by atoms with Gasteiger partial charge in [-0.3, -0.25) is 9.59 Å². The molecule has 2 N–H and O–H groups in total. The SMILES string of the molecule is O=C(O)[C@@H]1C2C=CC(C2)[C@@H]1C(=O)N1CCC(O)C1. The summed E-state index contributed by atoms with van der Waals surface area (Å²) in [5.41, 5.74) is 0. The van der Waals surface area contributed by atoms with Gasteiger partial charge in [-0.2, -0.15) is 0 Å². The lowest BCUT2D eigenvalue weighted by atomic mass is 9.82. The summed E-state index contributed by atoms with van der Waals surface area (Å²) in [6, 6.07) is 0. The molecular formula is C13H17NO4. The fraction of sp³-hybridized carbons (Fsp3) is 0.692. The van der Waals surface area contributed by atoms with Crippen LogP contribution >= 0.6 is 0 Å². The lowest BCUT2D eigenvalue weighted by Crippen LogP contribution is -2.42. The standard InChI is InChI=1S/C13H17NO4/c15-9-3-4-14(6-9)12(16)10-7-1-2-8(5-7)11(10)13(17)18/h1-2,7-11,15H,3-6H2,(H,17,18)/t7?,8?,9?,10-,11+/m0/s1. The molecule has 1 saturated heterocycles. The van der Waals surface area contributed by atoms with Crippen LogP contribution in [0.5, 0.6) is 0 Å². The van der Waals surface area contributed by atoms with Crippen molar-refractivity contribution in [3.8, 4) is 0 Å². The average molecular weight is 251 g/mol. The van der Waals surface area contributed by atoms with Gasteiger partial charge < -0.3 is 15.1 Å². The second kappa shape index (κ2) is 4.09. The van der Waals surface area contributed by atoms with Crippen molar-refractivity contribution in [2.75, 3.05) is 13.1 Å². The van der Waals surface area contributed by atoms with Crippen LogP contribution in [0.3, 0.4) is 0 Å². The zero-order valence-corrected chi connectivity index (χ0v) is 10.0. The third-order valence-corrected chi connectivity index (χ3v) is 4.50. The van der Waals surface area contributed by atoms with Crippen LogP contribution in [0, 0.1) is 23.7 Å². The molecule has 0 aromatic rings. The normalized spacial score (nSPS) is 41.6. The molecule has 3 aliphatic rings. The van der Waals surface area contributed by atoms with Crippen LogP contribution in [0.15, 0.2) is 12.2 Å². The van der Waals surface area contributed by atoms with Gasteiger partial charge in [0.25, 0.3) is 0 Å². The van der Waals surface area contributed by atoms with E-state index in [1.54, 1.807) is 4.90 Å². The Morgan fingerprint density at radius 3 is 2.39 bits per heavy atom. The number of carboxylic acids is 1. The fourth-order valence-corrected chi connectivity index (χ4v) is 3.65. The molecule has 1 heterocycles. The Morgan fingerprint density at radius 2 is 1.83 bits per heavy atom. The Labute approximate surface area is 105 Å². The molecule has 5 heteroatoms. The molecule has 3 rings (SSSR count). The molecule has 1 amide bonds. The summed E-state index contributed by atoms with van der Waals surface area (Å²) in [5.74, 6) is -1.89. The lowest BCUT2D eigenvalue weighted by Gasteiger charge is -2.28. The Kier molecular flexibility index (Phi) is 2.66. The van der Waals surface area contributed by atoms with E-state index in [0.717, 1.165) is 6.42 Å². The minimum absolute atomic E-state index is 0.00831. The number of allylic oxidation sites excluding steroid dienone is 2. The van der Waals surface area contributed by atoms with E-state index in [4.69, 9.17) is 0 Å². The van der Waals surface area contributed by atoms with E-state index < -0.39 is 23.9 Å². The van der Waals surface area contributed by atoms with Crippen LogP contribution in [0.25, 0.3) is 0 Å². The number of carbonyl (C=O) groups excluding carboxylic acids is 1. The minimum atomic E-state index is -0.870. The Bertz CT molecular complexity index is 419. The summed E-state index contributed by atoms with van der Waals surface area (Å²) in [4.78, 5) is 25.4. The van der Waals surface area contributed by atoms with E-state index in [-0.39, 0.29) is 17.7 Å². The summed E-state index contributed by atoms with van der Waals surface area (Å²) in [5, 5.41) is 18.8. The van der Waals surface area contributed by atoms with Gasteiger partial charge in [-0.05, 0) is 24.7 Å². The van der Waals surface area contributed by atoms with Gasteiger partial charge in [0.1, 0.15) is 0 Å². The first-order chi connectivity index (χ1) is 8.58. The van der Waals surface area contributed by atoms with Crippen molar-refractivity contribution in [2.45, 2.75) is 18.9 Å². The monoisotopic (exact) mass is 251 g/mol. The van der Waals surface area contributed by atoms with Crippen molar-refractivity contribution in [1.29, 1.82) is 0 Å². The van der Waals surface area contributed by atoms with E-state index in [0.29, 0.717) is 19.5 Å². The summed E-state index contributed by atoms with van der Waals surface area (Å²) in [7, 11) is 0. The van der Waals surface area contributed by atoms with Crippen molar-refractivity contribution in [1.82, 2.24) is 4.90 Å². The Morgan fingerprint density at radius 1 is 1.17 bits per heavy atom. The number of carbonyl (C=O) groups is 2. The van der Waals surface area contributed by atoms with Crippen LogP contribution in [-0.2, 0) is 9.59 Å². The number of rotatable bonds is 2. The van der Waals surface area contributed by atoms with Crippen molar-refractivity contribution in [2.24, 2.45) is 23.7 Å². The second-order valence-electron chi connectivity index (χ2n) is 5.56. The molecule has 98 valence electrons. The van der Waals surface area contributed by atoms with Gasteiger partial charge in [0.2, 0.25) is 5.91 Å². The maximum Gasteiger partial charge on any atom is 0.307 e. The maximum absolute atomic E-state index is 12.4. The summed E-state index contributed by atoms with van der Waals surface area (Å²) in [6.07, 6.45) is 4.85. The van der Waals surface area contributed by atoms with Crippen LogP contribution in [-0.4, -0.2) is 46.2 Å². The number of hydrogen-bond acceptors (Lipinski definition) is 3. The quantitative estimate of drug-likeness (QED) is 0.682. The lowest BCUT2D eigenvalue weighted by molar-refractivity contribution is -0.150. The highest BCUT2D eigenvalue weighted by atomic mass is 16.4. The van der Waals surface area contributed by atoms with Gasteiger partial charge in [0, 0.05) is 13.1 Å². The Balaban J connectivity index is 1.80. The highest BCUT2D eigenvalue weighted by Crippen LogP contribution is 2.48. The zero-order chi connectivity index (χ0) is 12.9. The van der Waals surface area contributed by atoms with Crippen molar-refractivity contribution in [3.05, 3.63) is 12.2 Å². The van der Waals surface area contributed by atoms with E-state index >= 15 is 0 Å². The topological polar surface area (TPSA) is 77.8 Å². The highest BCUT2D eigenvalue weighted by molar-refractivity contribution is 5.87. The summed E-state index contributed by atoms with van der Waals surface area (Å²) in [6.45, 7) is 0.896. The molecule has 3 unspecified atom stereocenters. The molecule has 2 bridgehead atoms. The fourth-order valence-electron chi connectivity index (χ4n) is 3.65. The van der Waals surface area contributed by atoms with Gasteiger partial charge in [-0.1, -0.05) is 12.2 Å². The molecule has 1 saturated carbocycles. The molecule has 2 fully saturated rings. The predicted octanol–water partition coefficient (Wildman–Crippen LogP) is 0.102. The van der Waals surface area contributed by atoms with Crippen LogP contribution in [0.2, 0.25) is 0 Å². The van der Waals surface area contributed by atoms with Crippen molar-refractivity contribution >= 4 is 11.9 Å². The number of aliphatic hydroxyl groups excluding tert-OH is 1. The van der Waals surface area contributed by atoms with Gasteiger partial charge in [0.15, 0.2) is 0 Å². The number of likely N-dealkylation sites (tertiary alicyclic amines) is 1. The van der Waals surface area contributed by atoms with Gasteiger partial charge in [0.05, 0.1) is 17.9 Å². The number of aliphatic hydroxyl groups is 1. The molecule has 0 radical (unpaired) electrons. The molecule has 2 aliphatic carbocycles. The van der Waals surface area contributed by atoms with Crippen LogP contribution in [0.1, 0.15) is 12.8 Å². The molecule has 18 heavy (non-hydrogen) atoms. The number of β-amino-alcohol motifs (C(OH)–C–C–N with tert-alkyl or cyclic N) is 1. The first-order valence-corrected chi connectivity index (χ1v) is 6.46. The molecule has 1 aliphatic heterocycles. The van der Waals surface area contributed by atoms with Crippen LogP contribution in [0.4, 0.5) is 0 Å². The van der Waals surface area contributed by atoms with E-state index in [1.165, 1.54) is 0 Å². The molecule has 0 aromatic heterocycles. The number of fused-ring (bicyclic) bond motifs is 2. The van der Waals surface area contributed by atoms with E-state index in [2.05, 4.69) is 0 Å². The number of hydrogen-bond donors (Lipinski definition) is 2. The summed E-state index contributed by atoms with van der Waals surface area (Å²) < 4.78 is 0. The number of carboxylic acid groups (broad SMARTS) is 1. The number of amides is 1. The zero-order valence-electron chi connectivity index (χ0n) is 10.0. The van der Waals surface area contributed by atoms with Crippen molar-refractivity contribution < 1.29 is 19.8 Å². The van der Waals surface area contributed by atoms with E-state index in [1.807, 2.05) is 12.2 Å². The highest BCUT2D eigenvalue weighted by Gasteiger charge is 2.52. The molecule has 0 aromatic carbocycles. The largest absolute Gasteiger partial charge is 0.481 e. The number of aliphatic carboxylic acids is 1. The minimum Gasteiger partial charge on any atom is -0.481 e. The van der Waals surface area contributed by atoms with Gasteiger partial charge >= 0.3 is 5.97 Å². The van der Waals surface area contributed by atoms with Gasteiger partial charge in [-0.25, -0.2) is 0 Å². The smallest absolute Gasteiger partial charge is 0.307 e. The Hall–Kier alpha value is -1.36. The molecule has 5 atom stereocenters. The predicted molar refractivity (Wildman–Crippen MR) is 62.6 cm³/mol. The third-order valence-electron chi connectivity index (χ3n) is 4.50. The summed E-state index contributed by atoms with van der Waals surface area (Å²) >= 11 is 0. The first-order valence-electron chi connectivity index (χ1n) is 6.46. The van der Waals surface area contributed by atoms with E-state index in [9.17, 15) is 19.8 Å². The molecule has 0 spiro atoms. The first kappa shape index (κ1) is 11.7. The van der Waals surface area contributed by atoms with Crippen molar-refractivity contribution in [3.63, 3.8) is 0 Å².